The van der Waals surface area contributed by atoms with Gasteiger partial charge in [0.2, 0.25) is 0 Å². The minimum atomic E-state index is 0.128. The highest BCUT2D eigenvalue weighted by Crippen LogP contribution is 2.33. The fourth-order valence-electron chi connectivity index (χ4n) is 3.99. The highest BCUT2D eigenvalue weighted by atomic mass is 16.5. The average molecular weight is 411 g/mol. The normalized spacial score (nSPS) is 18.4. The van der Waals surface area contributed by atoms with Gasteiger partial charge in [-0.2, -0.15) is 0 Å². The number of hydrogen-bond donors (Lipinski definition) is 3. The smallest absolute Gasteiger partial charge is 0.188 e. The predicted molar refractivity (Wildman–Crippen MR) is 117 cm³/mol. The SMILES string of the molecule is COc1cc2c(cc1OCc1ccc(OC3CCNC3)cc1)CCN(C(=N)N)CC2. The molecule has 2 aromatic carbocycles. The number of benzene rings is 2. The lowest BCUT2D eigenvalue weighted by Gasteiger charge is -2.19. The molecule has 1 saturated heterocycles. The van der Waals surface area contributed by atoms with Crippen molar-refractivity contribution in [3.05, 3.63) is 53.1 Å². The van der Waals surface area contributed by atoms with Crippen LogP contribution in [0.1, 0.15) is 23.1 Å². The molecule has 1 atom stereocenters. The molecule has 0 radical (unpaired) electrons. The maximum absolute atomic E-state index is 7.69. The van der Waals surface area contributed by atoms with E-state index in [-0.39, 0.29) is 12.1 Å². The van der Waals surface area contributed by atoms with Crippen molar-refractivity contribution in [1.29, 1.82) is 5.41 Å². The number of nitrogens with two attached hydrogens (primary N) is 1. The molecule has 4 rings (SSSR count). The number of rotatable bonds is 6. The van der Waals surface area contributed by atoms with E-state index in [1.807, 2.05) is 29.2 Å². The molecule has 30 heavy (non-hydrogen) atoms. The maximum Gasteiger partial charge on any atom is 0.188 e. The maximum atomic E-state index is 7.69. The van der Waals surface area contributed by atoms with Crippen molar-refractivity contribution in [3.63, 3.8) is 0 Å². The van der Waals surface area contributed by atoms with E-state index in [9.17, 15) is 0 Å². The van der Waals surface area contributed by atoms with Gasteiger partial charge in [0.1, 0.15) is 18.5 Å². The molecule has 0 aromatic heterocycles. The molecular weight excluding hydrogens is 380 g/mol. The second-order valence-electron chi connectivity index (χ2n) is 7.81. The summed E-state index contributed by atoms with van der Waals surface area (Å²) in [4.78, 5) is 1.90. The second kappa shape index (κ2) is 9.26. The molecule has 0 aliphatic carbocycles. The van der Waals surface area contributed by atoms with E-state index in [4.69, 9.17) is 25.4 Å². The van der Waals surface area contributed by atoms with E-state index >= 15 is 0 Å². The first-order valence-corrected chi connectivity index (χ1v) is 10.5. The third-order valence-corrected chi connectivity index (χ3v) is 5.76. The highest BCUT2D eigenvalue weighted by Gasteiger charge is 2.19. The van der Waals surface area contributed by atoms with Crippen LogP contribution >= 0.6 is 0 Å². The lowest BCUT2D eigenvalue weighted by atomic mass is 10.0. The van der Waals surface area contributed by atoms with E-state index in [1.54, 1.807) is 7.11 Å². The quantitative estimate of drug-likeness (QED) is 0.500. The van der Waals surface area contributed by atoms with Crippen LogP contribution in [0, 0.1) is 5.41 Å². The zero-order valence-corrected chi connectivity index (χ0v) is 17.4. The summed E-state index contributed by atoms with van der Waals surface area (Å²) in [7, 11) is 1.66. The summed E-state index contributed by atoms with van der Waals surface area (Å²) >= 11 is 0. The second-order valence-corrected chi connectivity index (χ2v) is 7.81. The van der Waals surface area contributed by atoms with E-state index in [1.165, 1.54) is 11.1 Å². The topological polar surface area (TPSA) is 92.8 Å². The van der Waals surface area contributed by atoms with Gasteiger partial charge in [0, 0.05) is 19.6 Å². The van der Waals surface area contributed by atoms with Gasteiger partial charge < -0.3 is 30.2 Å². The third kappa shape index (κ3) is 4.79. The van der Waals surface area contributed by atoms with Crippen LogP contribution in [0.15, 0.2) is 36.4 Å². The molecule has 0 bridgehead atoms. The Morgan fingerprint density at radius 1 is 1.13 bits per heavy atom. The summed E-state index contributed by atoms with van der Waals surface area (Å²) in [6, 6.07) is 12.2. The van der Waals surface area contributed by atoms with Gasteiger partial charge in [0.25, 0.3) is 0 Å². The molecule has 7 nitrogen and oxygen atoms in total. The highest BCUT2D eigenvalue weighted by molar-refractivity contribution is 5.74. The Bertz CT molecular complexity index is 879. The summed E-state index contributed by atoms with van der Waals surface area (Å²) in [6.45, 7) is 3.88. The van der Waals surface area contributed by atoms with Gasteiger partial charge >= 0.3 is 0 Å². The number of ether oxygens (including phenoxy) is 3. The van der Waals surface area contributed by atoms with E-state index in [0.717, 1.165) is 68.3 Å². The molecule has 2 aliphatic rings. The average Bonchev–Trinajstić information content (AvgIpc) is 3.17. The van der Waals surface area contributed by atoms with Crippen LogP contribution in [0.2, 0.25) is 0 Å². The molecule has 2 aromatic rings. The molecule has 1 unspecified atom stereocenters. The standard InChI is InChI=1S/C23H30N4O3/c1-28-21-12-17-7-10-27(23(24)25)11-8-18(17)13-22(21)29-15-16-2-4-19(5-3-16)30-20-6-9-26-14-20/h2-5,12-13,20,26H,6-11,14-15H2,1H3,(H3,24,25). The summed E-state index contributed by atoms with van der Waals surface area (Å²) in [5.74, 6) is 2.50. The lowest BCUT2D eigenvalue weighted by molar-refractivity contribution is 0.223. The Kier molecular flexibility index (Phi) is 6.28. The van der Waals surface area contributed by atoms with Gasteiger partial charge in [-0.25, -0.2) is 0 Å². The fraction of sp³-hybridized carbons (Fsp3) is 0.435. The monoisotopic (exact) mass is 410 g/mol. The summed E-state index contributed by atoms with van der Waals surface area (Å²) in [5.41, 5.74) is 9.20. The van der Waals surface area contributed by atoms with E-state index in [0.29, 0.717) is 6.61 Å². The first-order chi connectivity index (χ1) is 14.6. The Hall–Kier alpha value is -2.93. The van der Waals surface area contributed by atoms with Gasteiger partial charge in [-0.15, -0.1) is 0 Å². The predicted octanol–water partition coefficient (Wildman–Crippen LogP) is 2.31. The first kappa shape index (κ1) is 20.3. The van der Waals surface area contributed by atoms with Crippen molar-refractivity contribution in [2.75, 3.05) is 33.3 Å². The number of hydrogen-bond acceptors (Lipinski definition) is 5. The van der Waals surface area contributed by atoms with Crippen LogP contribution in [-0.2, 0) is 19.4 Å². The lowest BCUT2D eigenvalue weighted by Crippen LogP contribution is -2.38. The minimum absolute atomic E-state index is 0.128. The Labute approximate surface area is 177 Å². The largest absolute Gasteiger partial charge is 0.493 e. The van der Waals surface area contributed by atoms with Gasteiger partial charge in [-0.05, 0) is 66.8 Å². The Balaban J connectivity index is 1.41. The fourth-order valence-corrected chi connectivity index (χ4v) is 3.99. The van der Waals surface area contributed by atoms with Gasteiger partial charge in [-0.3, -0.25) is 5.41 Å². The van der Waals surface area contributed by atoms with Crippen LogP contribution in [0.5, 0.6) is 17.2 Å². The molecule has 4 N–H and O–H groups in total. The number of fused-ring (bicyclic) bond motifs is 1. The van der Waals surface area contributed by atoms with E-state index in [2.05, 4.69) is 17.4 Å². The van der Waals surface area contributed by atoms with Gasteiger partial charge in [-0.1, -0.05) is 12.1 Å². The van der Waals surface area contributed by atoms with Crippen molar-refractivity contribution < 1.29 is 14.2 Å². The molecule has 2 aliphatic heterocycles. The molecule has 0 saturated carbocycles. The Morgan fingerprint density at radius 2 is 1.83 bits per heavy atom. The first-order valence-electron chi connectivity index (χ1n) is 10.5. The van der Waals surface area contributed by atoms with E-state index < -0.39 is 0 Å². The molecule has 160 valence electrons. The number of nitrogens with one attached hydrogen (secondary N) is 2. The number of guanidine groups is 1. The van der Waals surface area contributed by atoms with Crippen LogP contribution in [0.4, 0.5) is 0 Å². The minimum Gasteiger partial charge on any atom is -0.493 e. The third-order valence-electron chi connectivity index (χ3n) is 5.76. The van der Waals surface area contributed by atoms with Crippen molar-refractivity contribution in [2.45, 2.75) is 32.0 Å². The van der Waals surface area contributed by atoms with Crippen LogP contribution in [0.25, 0.3) is 0 Å². The Morgan fingerprint density at radius 3 is 2.43 bits per heavy atom. The van der Waals surface area contributed by atoms with Crippen molar-refractivity contribution in [3.8, 4) is 17.2 Å². The van der Waals surface area contributed by atoms with Crippen LogP contribution in [0.3, 0.4) is 0 Å². The summed E-state index contributed by atoms with van der Waals surface area (Å²) in [6.07, 6.45) is 2.98. The molecule has 2 heterocycles. The van der Waals surface area contributed by atoms with Gasteiger partial charge in [0.05, 0.1) is 7.11 Å². The van der Waals surface area contributed by atoms with Crippen molar-refractivity contribution in [2.24, 2.45) is 5.73 Å². The molecule has 1 fully saturated rings. The molecule has 0 amide bonds. The van der Waals surface area contributed by atoms with Crippen LogP contribution in [-0.4, -0.2) is 50.3 Å². The zero-order valence-electron chi connectivity index (χ0n) is 17.4. The van der Waals surface area contributed by atoms with Crippen LogP contribution < -0.4 is 25.3 Å². The zero-order chi connectivity index (χ0) is 20.9. The number of nitrogens with zero attached hydrogens (tertiary/aromatic N) is 1. The summed E-state index contributed by atoms with van der Waals surface area (Å²) < 4.78 is 17.7. The summed E-state index contributed by atoms with van der Waals surface area (Å²) in [5, 5.41) is 11.0. The molecular formula is C23H30N4O3. The van der Waals surface area contributed by atoms with Crippen molar-refractivity contribution in [1.82, 2.24) is 10.2 Å². The number of methoxy groups -OCH3 is 1. The molecule has 0 spiro atoms. The molecule has 7 heteroatoms. The van der Waals surface area contributed by atoms with Gasteiger partial charge in [0.15, 0.2) is 17.5 Å². The van der Waals surface area contributed by atoms with Crippen molar-refractivity contribution >= 4 is 5.96 Å².